The molecule has 0 saturated heterocycles. The summed E-state index contributed by atoms with van der Waals surface area (Å²) in [7, 11) is 0. The minimum absolute atomic E-state index is 1.18. The van der Waals surface area contributed by atoms with Crippen LogP contribution >= 0.6 is 0 Å². The molecule has 2 heteroatoms. The molecule has 1 aliphatic rings. The van der Waals surface area contributed by atoms with Crippen molar-refractivity contribution in [2.75, 3.05) is 0 Å². The lowest BCUT2D eigenvalue weighted by Gasteiger charge is -2.13. The molecule has 0 aliphatic heterocycles. The minimum Gasteiger partial charge on any atom is -0.309 e. The number of hydrogen-bond acceptors (Lipinski definition) is 0. The van der Waals surface area contributed by atoms with Crippen LogP contribution in [0, 0.1) is 0 Å². The largest absolute Gasteiger partial charge is 0.309 e. The van der Waals surface area contributed by atoms with E-state index in [1.807, 2.05) is 0 Å². The summed E-state index contributed by atoms with van der Waals surface area (Å²) >= 11 is 0. The average molecular weight is 685 g/mol. The molecule has 2 aromatic heterocycles. The number of benzene rings is 9. The van der Waals surface area contributed by atoms with Gasteiger partial charge < -0.3 is 9.13 Å². The molecule has 250 valence electrons. The Labute approximate surface area is 312 Å². The van der Waals surface area contributed by atoms with Crippen molar-refractivity contribution in [3.05, 3.63) is 194 Å². The van der Waals surface area contributed by atoms with Gasteiger partial charge in [-0.1, -0.05) is 140 Å². The van der Waals surface area contributed by atoms with Gasteiger partial charge in [-0.15, -0.1) is 0 Å². The zero-order valence-corrected chi connectivity index (χ0v) is 29.4. The van der Waals surface area contributed by atoms with E-state index in [1.165, 1.54) is 110 Å². The molecule has 0 radical (unpaired) electrons. The first-order valence-corrected chi connectivity index (χ1v) is 18.7. The second kappa shape index (κ2) is 11.2. The fourth-order valence-electron chi connectivity index (χ4n) is 9.26. The van der Waals surface area contributed by atoms with E-state index in [2.05, 4.69) is 203 Å². The first kappa shape index (κ1) is 29.4. The van der Waals surface area contributed by atoms with E-state index in [0.29, 0.717) is 0 Å². The van der Waals surface area contributed by atoms with Gasteiger partial charge in [-0.05, 0) is 104 Å². The van der Waals surface area contributed by atoms with Crippen LogP contribution < -0.4 is 0 Å². The van der Waals surface area contributed by atoms with Crippen LogP contribution in [-0.4, -0.2) is 9.13 Å². The smallest absolute Gasteiger partial charge is 0.0541 e. The Morgan fingerprint density at radius 3 is 1.37 bits per heavy atom. The summed E-state index contributed by atoms with van der Waals surface area (Å²) in [5, 5.41) is 7.69. The van der Waals surface area contributed by atoms with Crippen molar-refractivity contribution in [2.45, 2.75) is 0 Å². The average Bonchev–Trinajstić information content (AvgIpc) is 3.88. The van der Waals surface area contributed by atoms with Crippen LogP contribution in [0.2, 0.25) is 0 Å². The van der Waals surface area contributed by atoms with Crippen molar-refractivity contribution in [1.29, 1.82) is 0 Å². The molecule has 0 bridgehead atoms. The first-order chi connectivity index (χ1) is 26.8. The highest BCUT2D eigenvalue weighted by atomic mass is 15.0. The standard InChI is InChI=1S/C52H32N2/c1-2-11-37(12-3-1)53-47-19-8-6-15-40(47)45-31-35(25-28-50(45)53)33-21-23-34(24-22-33)36-26-29-51-46(32-36)41-16-7-9-20-48(41)54(51)49-30-27-43-39-14-5-4-13-38(39)42-17-10-18-44(49)52(42)43/h1-32H. The van der Waals surface area contributed by atoms with Crippen LogP contribution in [-0.2, 0) is 0 Å². The zero-order chi connectivity index (χ0) is 35.3. The summed E-state index contributed by atoms with van der Waals surface area (Å²) in [4.78, 5) is 0. The van der Waals surface area contributed by atoms with Gasteiger partial charge in [-0.3, -0.25) is 0 Å². The number of para-hydroxylation sites is 3. The quantitative estimate of drug-likeness (QED) is 0.175. The molecule has 0 fully saturated rings. The second-order valence-electron chi connectivity index (χ2n) is 14.5. The molecule has 2 heterocycles. The molecule has 12 rings (SSSR count). The normalized spacial score (nSPS) is 12.1. The molecule has 0 unspecified atom stereocenters. The molecule has 0 atom stereocenters. The number of rotatable bonds is 4. The Kier molecular flexibility index (Phi) is 6.09. The van der Waals surface area contributed by atoms with Crippen LogP contribution in [0.3, 0.4) is 0 Å². The predicted octanol–water partition coefficient (Wildman–Crippen LogP) is 14.0. The van der Waals surface area contributed by atoms with Crippen molar-refractivity contribution in [2.24, 2.45) is 0 Å². The van der Waals surface area contributed by atoms with E-state index in [4.69, 9.17) is 0 Å². The van der Waals surface area contributed by atoms with Crippen LogP contribution in [0.5, 0.6) is 0 Å². The minimum atomic E-state index is 1.18. The summed E-state index contributed by atoms with van der Waals surface area (Å²) in [6.45, 7) is 0. The predicted molar refractivity (Wildman–Crippen MR) is 228 cm³/mol. The van der Waals surface area contributed by atoms with Crippen molar-refractivity contribution in [1.82, 2.24) is 9.13 Å². The second-order valence-corrected chi connectivity index (χ2v) is 14.5. The molecule has 0 amide bonds. The van der Waals surface area contributed by atoms with Crippen molar-refractivity contribution in [3.63, 3.8) is 0 Å². The SMILES string of the molecule is c1ccc(-n2c3ccccc3c3cc(-c4ccc(-c5ccc6c(c5)c5ccccc5n6-c5ccc6c7c(cccc57)-c5ccccc5-6)cc4)ccc32)cc1. The highest BCUT2D eigenvalue weighted by molar-refractivity contribution is 6.19. The topological polar surface area (TPSA) is 9.86 Å². The van der Waals surface area contributed by atoms with E-state index in [-0.39, 0.29) is 0 Å². The number of nitrogens with zero attached hydrogens (tertiary/aromatic N) is 2. The summed E-state index contributed by atoms with van der Waals surface area (Å²) in [6.07, 6.45) is 0. The van der Waals surface area contributed by atoms with E-state index in [0.717, 1.165) is 0 Å². The van der Waals surface area contributed by atoms with Gasteiger partial charge in [0.05, 0.1) is 27.8 Å². The summed E-state index contributed by atoms with van der Waals surface area (Å²) < 4.78 is 4.84. The zero-order valence-electron chi connectivity index (χ0n) is 29.4. The fraction of sp³-hybridized carbons (Fsp3) is 0. The summed E-state index contributed by atoms with van der Waals surface area (Å²) in [5.41, 5.74) is 17.4. The molecule has 0 saturated carbocycles. The maximum absolute atomic E-state index is 2.47. The van der Waals surface area contributed by atoms with Gasteiger partial charge in [0.2, 0.25) is 0 Å². The Hall–Kier alpha value is -7.16. The van der Waals surface area contributed by atoms with Gasteiger partial charge in [0.15, 0.2) is 0 Å². The van der Waals surface area contributed by atoms with Gasteiger partial charge in [0.1, 0.15) is 0 Å². The van der Waals surface area contributed by atoms with Gasteiger partial charge in [-0.25, -0.2) is 0 Å². The molecule has 54 heavy (non-hydrogen) atoms. The molecule has 1 aliphatic carbocycles. The maximum atomic E-state index is 2.47. The number of fused-ring (bicyclic) bond motifs is 9. The molecular formula is C52H32N2. The summed E-state index contributed by atoms with van der Waals surface area (Å²) in [6, 6.07) is 71.4. The maximum Gasteiger partial charge on any atom is 0.0541 e. The lowest BCUT2D eigenvalue weighted by atomic mass is 9.98. The van der Waals surface area contributed by atoms with Crippen LogP contribution in [0.4, 0.5) is 0 Å². The molecule has 0 spiro atoms. The molecule has 11 aromatic rings. The monoisotopic (exact) mass is 684 g/mol. The van der Waals surface area contributed by atoms with E-state index in [9.17, 15) is 0 Å². The lowest BCUT2D eigenvalue weighted by molar-refractivity contribution is 1.18. The van der Waals surface area contributed by atoms with Crippen molar-refractivity contribution < 1.29 is 0 Å². The van der Waals surface area contributed by atoms with E-state index >= 15 is 0 Å². The third-order valence-electron chi connectivity index (χ3n) is 11.7. The first-order valence-electron chi connectivity index (χ1n) is 18.7. The van der Waals surface area contributed by atoms with Gasteiger partial charge in [0, 0.05) is 32.6 Å². The number of aromatic nitrogens is 2. The van der Waals surface area contributed by atoms with Crippen LogP contribution in [0.1, 0.15) is 0 Å². The third-order valence-corrected chi connectivity index (χ3v) is 11.7. The Morgan fingerprint density at radius 1 is 0.259 bits per heavy atom. The Balaban J connectivity index is 0.958. The van der Waals surface area contributed by atoms with E-state index in [1.54, 1.807) is 0 Å². The highest BCUT2D eigenvalue weighted by Crippen LogP contribution is 2.49. The van der Waals surface area contributed by atoms with Crippen molar-refractivity contribution >= 4 is 54.4 Å². The fourth-order valence-corrected chi connectivity index (χ4v) is 9.26. The van der Waals surface area contributed by atoms with E-state index < -0.39 is 0 Å². The molecular weight excluding hydrogens is 653 g/mol. The lowest BCUT2D eigenvalue weighted by Crippen LogP contribution is -1.95. The molecule has 0 N–H and O–H groups in total. The Bertz CT molecular complexity index is 3280. The van der Waals surface area contributed by atoms with Crippen LogP contribution in [0.15, 0.2) is 194 Å². The van der Waals surface area contributed by atoms with Gasteiger partial charge >= 0.3 is 0 Å². The summed E-state index contributed by atoms with van der Waals surface area (Å²) in [5.74, 6) is 0. The van der Waals surface area contributed by atoms with Crippen molar-refractivity contribution in [3.8, 4) is 55.9 Å². The van der Waals surface area contributed by atoms with Crippen LogP contribution in [0.25, 0.3) is 110 Å². The Morgan fingerprint density at radius 2 is 0.722 bits per heavy atom. The third kappa shape index (κ3) is 4.11. The highest BCUT2D eigenvalue weighted by Gasteiger charge is 2.24. The van der Waals surface area contributed by atoms with Gasteiger partial charge in [-0.2, -0.15) is 0 Å². The molecule has 2 nitrogen and oxygen atoms in total. The number of hydrogen-bond donors (Lipinski definition) is 0. The molecule has 9 aromatic carbocycles. The van der Waals surface area contributed by atoms with Gasteiger partial charge in [0.25, 0.3) is 0 Å².